The first kappa shape index (κ1) is 13.7. The Balaban J connectivity index is 1.50. The monoisotopic (exact) mass is 276 g/mol. The van der Waals surface area contributed by atoms with Crippen LogP contribution in [0, 0.1) is 5.92 Å². The fourth-order valence-corrected chi connectivity index (χ4v) is 3.20. The van der Waals surface area contributed by atoms with E-state index in [0.717, 1.165) is 51.0 Å². The molecule has 2 fully saturated rings. The van der Waals surface area contributed by atoms with Crippen molar-refractivity contribution in [3.8, 4) is 5.75 Å². The normalized spacial score (nSPS) is 22.1. The Bertz CT molecular complexity index is 424. The molecule has 4 nitrogen and oxygen atoms in total. The molecule has 0 unspecified atom stereocenters. The van der Waals surface area contributed by atoms with E-state index >= 15 is 0 Å². The summed E-state index contributed by atoms with van der Waals surface area (Å²) in [5.41, 5.74) is 0.971. The number of phenolic OH excluding ortho intramolecular Hbond substituents is 1. The van der Waals surface area contributed by atoms with Crippen molar-refractivity contribution in [3.63, 3.8) is 0 Å². The average molecular weight is 276 g/mol. The zero-order valence-corrected chi connectivity index (χ0v) is 12.0. The third-order valence-corrected chi connectivity index (χ3v) is 4.45. The van der Waals surface area contributed by atoms with Crippen molar-refractivity contribution < 1.29 is 9.84 Å². The molecule has 4 heteroatoms. The first-order valence-electron chi connectivity index (χ1n) is 7.66. The van der Waals surface area contributed by atoms with Gasteiger partial charge in [0.05, 0.1) is 5.69 Å². The molecule has 0 saturated carbocycles. The van der Waals surface area contributed by atoms with Crippen LogP contribution in [0.1, 0.15) is 12.8 Å². The molecule has 20 heavy (non-hydrogen) atoms. The molecule has 1 aromatic rings. The van der Waals surface area contributed by atoms with Crippen LogP contribution in [0.2, 0.25) is 0 Å². The number of anilines is 1. The van der Waals surface area contributed by atoms with Crippen molar-refractivity contribution in [3.05, 3.63) is 24.3 Å². The average Bonchev–Trinajstić information content (AvgIpc) is 2.50. The topological polar surface area (TPSA) is 35.9 Å². The van der Waals surface area contributed by atoms with Crippen molar-refractivity contribution >= 4 is 5.69 Å². The lowest BCUT2D eigenvalue weighted by molar-refractivity contribution is 0.0517. The maximum atomic E-state index is 9.92. The summed E-state index contributed by atoms with van der Waals surface area (Å²) >= 11 is 0. The summed E-state index contributed by atoms with van der Waals surface area (Å²) in [5.74, 6) is 1.20. The molecule has 0 aromatic heterocycles. The van der Waals surface area contributed by atoms with Crippen LogP contribution in [-0.2, 0) is 4.74 Å². The Morgan fingerprint density at radius 3 is 2.45 bits per heavy atom. The maximum Gasteiger partial charge on any atom is 0.138 e. The fraction of sp³-hybridized carbons (Fsp3) is 0.625. The smallest absolute Gasteiger partial charge is 0.138 e. The van der Waals surface area contributed by atoms with E-state index in [1.807, 2.05) is 18.2 Å². The molecule has 0 atom stereocenters. The van der Waals surface area contributed by atoms with Gasteiger partial charge in [0, 0.05) is 45.9 Å². The molecule has 1 N–H and O–H groups in total. The van der Waals surface area contributed by atoms with Gasteiger partial charge in [-0.15, -0.1) is 0 Å². The van der Waals surface area contributed by atoms with Crippen LogP contribution in [-0.4, -0.2) is 55.9 Å². The van der Waals surface area contributed by atoms with Crippen LogP contribution in [0.3, 0.4) is 0 Å². The van der Waals surface area contributed by atoms with Gasteiger partial charge in [-0.1, -0.05) is 12.1 Å². The number of benzene rings is 1. The minimum Gasteiger partial charge on any atom is -0.506 e. The molecule has 0 aliphatic carbocycles. The molecule has 0 radical (unpaired) electrons. The summed E-state index contributed by atoms with van der Waals surface area (Å²) in [6.07, 6.45) is 2.42. The van der Waals surface area contributed by atoms with E-state index in [2.05, 4.69) is 9.80 Å². The van der Waals surface area contributed by atoms with Gasteiger partial charge in [0.2, 0.25) is 0 Å². The van der Waals surface area contributed by atoms with Crippen molar-refractivity contribution in [2.45, 2.75) is 12.8 Å². The number of aromatic hydroxyl groups is 1. The summed E-state index contributed by atoms with van der Waals surface area (Å²) in [6, 6.07) is 7.64. The molecular weight excluding hydrogens is 252 g/mol. The second-order valence-corrected chi connectivity index (χ2v) is 5.83. The second-order valence-electron chi connectivity index (χ2n) is 5.83. The Labute approximate surface area is 120 Å². The number of phenols is 1. The van der Waals surface area contributed by atoms with Crippen LogP contribution < -0.4 is 4.90 Å². The first-order valence-corrected chi connectivity index (χ1v) is 7.66. The lowest BCUT2D eigenvalue weighted by Gasteiger charge is -2.38. The van der Waals surface area contributed by atoms with Gasteiger partial charge in [0.15, 0.2) is 0 Å². The van der Waals surface area contributed by atoms with Gasteiger partial charge < -0.3 is 14.7 Å². The summed E-state index contributed by atoms with van der Waals surface area (Å²) in [7, 11) is 0. The van der Waals surface area contributed by atoms with E-state index in [0.29, 0.717) is 5.75 Å². The largest absolute Gasteiger partial charge is 0.506 e. The number of rotatable bonds is 3. The SMILES string of the molecule is Oc1ccccc1N1CCN(CC2CCOCC2)CC1. The van der Waals surface area contributed by atoms with Crippen LogP contribution in [0.4, 0.5) is 5.69 Å². The van der Waals surface area contributed by atoms with E-state index in [1.54, 1.807) is 6.07 Å². The van der Waals surface area contributed by atoms with Crippen molar-refractivity contribution in [2.75, 3.05) is 50.8 Å². The molecule has 0 bridgehead atoms. The number of para-hydroxylation sites is 2. The number of nitrogens with zero attached hydrogens (tertiary/aromatic N) is 2. The minimum atomic E-state index is 0.394. The lowest BCUT2D eigenvalue weighted by atomic mass is 9.99. The molecule has 2 heterocycles. The quantitative estimate of drug-likeness (QED) is 0.915. The van der Waals surface area contributed by atoms with Crippen LogP contribution >= 0.6 is 0 Å². The Morgan fingerprint density at radius 1 is 1.05 bits per heavy atom. The van der Waals surface area contributed by atoms with Crippen molar-refractivity contribution in [1.82, 2.24) is 4.90 Å². The van der Waals surface area contributed by atoms with Gasteiger partial charge in [0.25, 0.3) is 0 Å². The molecule has 110 valence electrons. The Kier molecular flexibility index (Phi) is 4.43. The molecule has 0 spiro atoms. The van der Waals surface area contributed by atoms with Crippen LogP contribution in [0.25, 0.3) is 0 Å². The summed E-state index contributed by atoms with van der Waals surface area (Å²) in [6.45, 7) is 7.25. The lowest BCUT2D eigenvalue weighted by Crippen LogP contribution is -2.48. The standard InChI is InChI=1S/C16H24N2O2/c19-16-4-2-1-3-15(16)18-9-7-17(8-10-18)13-14-5-11-20-12-6-14/h1-4,14,19H,5-13H2. The van der Waals surface area contributed by atoms with Gasteiger partial charge >= 0.3 is 0 Å². The summed E-state index contributed by atoms with van der Waals surface area (Å²) in [4.78, 5) is 4.85. The first-order chi connectivity index (χ1) is 9.83. The molecule has 1 aromatic carbocycles. The zero-order chi connectivity index (χ0) is 13.8. The number of piperazine rings is 1. The van der Waals surface area contributed by atoms with Crippen molar-refractivity contribution in [1.29, 1.82) is 0 Å². The molecule has 2 saturated heterocycles. The van der Waals surface area contributed by atoms with E-state index in [-0.39, 0.29) is 0 Å². The predicted octanol–water partition coefficient (Wildman–Crippen LogP) is 1.94. The van der Waals surface area contributed by atoms with E-state index in [9.17, 15) is 5.11 Å². The highest BCUT2D eigenvalue weighted by molar-refractivity contribution is 5.57. The molecule has 2 aliphatic heterocycles. The highest BCUT2D eigenvalue weighted by Gasteiger charge is 2.22. The second kappa shape index (κ2) is 6.46. The zero-order valence-electron chi connectivity index (χ0n) is 12.0. The predicted molar refractivity (Wildman–Crippen MR) is 80.3 cm³/mol. The summed E-state index contributed by atoms with van der Waals surface area (Å²) in [5, 5.41) is 9.92. The maximum absolute atomic E-state index is 9.92. The molecule has 2 aliphatic rings. The van der Waals surface area contributed by atoms with Gasteiger partial charge in [-0.2, -0.15) is 0 Å². The van der Waals surface area contributed by atoms with E-state index in [4.69, 9.17) is 4.74 Å². The Hall–Kier alpha value is -1.26. The number of hydrogen-bond donors (Lipinski definition) is 1. The van der Waals surface area contributed by atoms with Gasteiger partial charge in [-0.25, -0.2) is 0 Å². The van der Waals surface area contributed by atoms with Gasteiger partial charge in [-0.05, 0) is 30.9 Å². The molecule has 0 amide bonds. The third-order valence-electron chi connectivity index (χ3n) is 4.45. The highest BCUT2D eigenvalue weighted by Crippen LogP contribution is 2.27. The minimum absolute atomic E-state index is 0.394. The highest BCUT2D eigenvalue weighted by atomic mass is 16.5. The van der Waals surface area contributed by atoms with Gasteiger partial charge in [0.1, 0.15) is 5.75 Å². The number of ether oxygens (including phenoxy) is 1. The fourth-order valence-electron chi connectivity index (χ4n) is 3.20. The van der Waals surface area contributed by atoms with E-state index < -0.39 is 0 Å². The van der Waals surface area contributed by atoms with Crippen LogP contribution in [0.5, 0.6) is 5.75 Å². The summed E-state index contributed by atoms with van der Waals surface area (Å²) < 4.78 is 5.42. The number of hydrogen-bond acceptors (Lipinski definition) is 4. The Morgan fingerprint density at radius 2 is 1.75 bits per heavy atom. The van der Waals surface area contributed by atoms with Crippen molar-refractivity contribution in [2.24, 2.45) is 5.92 Å². The van der Waals surface area contributed by atoms with Gasteiger partial charge in [-0.3, -0.25) is 4.90 Å². The molecular formula is C16H24N2O2. The van der Waals surface area contributed by atoms with Crippen LogP contribution in [0.15, 0.2) is 24.3 Å². The molecule has 3 rings (SSSR count). The third kappa shape index (κ3) is 3.25. The van der Waals surface area contributed by atoms with E-state index in [1.165, 1.54) is 19.4 Å².